The Labute approximate surface area is 136 Å². The van der Waals surface area contributed by atoms with Crippen LogP contribution in [0.5, 0.6) is 0 Å². The number of halogens is 3. The van der Waals surface area contributed by atoms with Crippen molar-refractivity contribution in [2.45, 2.75) is 25.9 Å². The fourth-order valence-corrected chi connectivity index (χ4v) is 2.30. The van der Waals surface area contributed by atoms with Gasteiger partial charge in [0.15, 0.2) is 0 Å². The number of nitrogens with one attached hydrogen (secondary N) is 2. The zero-order valence-corrected chi connectivity index (χ0v) is 12.9. The molecule has 0 heterocycles. The second-order valence-electron chi connectivity index (χ2n) is 5.78. The molecule has 2 rings (SSSR count). The van der Waals surface area contributed by atoms with Crippen molar-refractivity contribution < 1.29 is 22.8 Å². The third-order valence-electron chi connectivity index (χ3n) is 3.83. The fraction of sp³-hybridized carbons (Fsp3) is 0.438. The molecule has 2 atom stereocenters. The number of anilines is 1. The van der Waals surface area contributed by atoms with Gasteiger partial charge in [-0.25, -0.2) is 0 Å². The lowest BCUT2D eigenvalue weighted by Crippen LogP contribution is -2.29. The van der Waals surface area contributed by atoms with Crippen molar-refractivity contribution in [1.82, 2.24) is 5.32 Å². The Morgan fingerprint density at radius 3 is 2.58 bits per heavy atom. The average Bonchev–Trinajstić information content (AvgIpc) is 3.23. The van der Waals surface area contributed by atoms with Crippen LogP contribution in [0.15, 0.2) is 18.2 Å². The molecule has 2 unspecified atom stereocenters. The summed E-state index contributed by atoms with van der Waals surface area (Å²) in [5, 5.41) is 13.7. The number of nitriles is 1. The first-order valence-corrected chi connectivity index (χ1v) is 7.41. The first-order valence-electron chi connectivity index (χ1n) is 7.41. The first kappa shape index (κ1) is 17.8. The maximum Gasteiger partial charge on any atom is 0.417 e. The molecular formula is C16H16F3N3O2. The van der Waals surface area contributed by atoms with Crippen LogP contribution in [0.25, 0.3) is 0 Å². The van der Waals surface area contributed by atoms with Crippen molar-refractivity contribution in [3.63, 3.8) is 0 Å². The van der Waals surface area contributed by atoms with Crippen LogP contribution in [-0.2, 0) is 15.8 Å². The molecule has 0 spiro atoms. The molecule has 24 heavy (non-hydrogen) atoms. The summed E-state index contributed by atoms with van der Waals surface area (Å²) in [5.41, 5.74) is -1.65. The van der Waals surface area contributed by atoms with E-state index in [1.165, 1.54) is 12.1 Å². The van der Waals surface area contributed by atoms with E-state index in [1.54, 1.807) is 0 Å². The number of alkyl halides is 3. The van der Waals surface area contributed by atoms with Crippen LogP contribution < -0.4 is 10.6 Å². The van der Waals surface area contributed by atoms with Gasteiger partial charge in [0, 0.05) is 24.6 Å². The number of benzene rings is 1. The Morgan fingerprint density at radius 1 is 1.38 bits per heavy atom. The second kappa shape index (κ2) is 6.91. The summed E-state index contributed by atoms with van der Waals surface area (Å²) in [5.74, 6) is -0.260. The third-order valence-corrected chi connectivity index (χ3v) is 3.83. The summed E-state index contributed by atoms with van der Waals surface area (Å²) < 4.78 is 38.5. The topological polar surface area (TPSA) is 82.0 Å². The van der Waals surface area contributed by atoms with Crippen LogP contribution in [0.4, 0.5) is 18.9 Å². The Bertz CT molecular complexity index is 695. The largest absolute Gasteiger partial charge is 0.417 e. The highest BCUT2D eigenvalue weighted by atomic mass is 19.4. The van der Waals surface area contributed by atoms with Crippen molar-refractivity contribution in [2.24, 2.45) is 11.8 Å². The summed E-state index contributed by atoms with van der Waals surface area (Å²) >= 11 is 0. The van der Waals surface area contributed by atoms with E-state index in [-0.39, 0.29) is 30.5 Å². The Balaban J connectivity index is 1.89. The standard InChI is InChI=1S/C16H16F3N3O2/c1-9-6-12(9)15(24)21-5-4-14(23)22-11-3-2-10(8-20)13(7-11)16(17,18)19/h2-3,7,9,12H,4-6H2,1H3,(H,21,24)(H,22,23). The van der Waals surface area contributed by atoms with Crippen LogP contribution in [0, 0.1) is 23.2 Å². The van der Waals surface area contributed by atoms with Crippen molar-refractivity contribution in [1.29, 1.82) is 5.26 Å². The van der Waals surface area contributed by atoms with E-state index in [0.29, 0.717) is 5.92 Å². The summed E-state index contributed by atoms with van der Waals surface area (Å²) in [6.45, 7) is 2.08. The third kappa shape index (κ3) is 4.47. The van der Waals surface area contributed by atoms with Gasteiger partial charge in [0.05, 0.1) is 17.2 Å². The number of hydrogen-bond acceptors (Lipinski definition) is 3. The summed E-state index contributed by atoms with van der Waals surface area (Å²) in [6.07, 6.45) is -3.89. The minimum atomic E-state index is -4.68. The lowest BCUT2D eigenvalue weighted by molar-refractivity contribution is -0.137. The first-order chi connectivity index (χ1) is 11.2. The molecule has 8 heteroatoms. The van der Waals surface area contributed by atoms with Gasteiger partial charge >= 0.3 is 6.18 Å². The molecule has 0 aromatic heterocycles. The van der Waals surface area contributed by atoms with Crippen molar-refractivity contribution in [2.75, 3.05) is 11.9 Å². The predicted molar refractivity (Wildman–Crippen MR) is 79.7 cm³/mol. The normalized spacial score (nSPS) is 19.3. The minimum Gasteiger partial charge on any atom is -0.355 e. The molecule has 0 aliphatic heterocycles. The molecule has 1 aromatic carbocycles. The van der Waals surface area contributed by atoms with E-state index < -0.39 is 23.2 Å². The van der Waals surface area contributed by atoms with E-state index in [2.05, 4.69) is 10.6 Å². The Hall–Kier alpha value is -2.56. The van der Waals surface area contributed by atoms with Gasteiger partial charge in [0.2, 0.25) is 11.8 Å². The van der Waals surface area contributed by atoms with Gasteiger partial charge in [0.25, 0.3) is 0 Å². The SMILES string of the molecule is CC1CC1C(=O)NCCC(=O)Nc1ccc(C#N)c(C(F)(F)F)c1. The maximum atomic E-state index is 12.8. The van der Waals surface area contributed by atoms with Gasteiger partial charge in [0.1, 0.15) is 0 Å². The van der Waals surface area contributed by atoms with Crippen molar-refractivity contribution in [3.05, 3.63) is 29.3 Å². The van der Waals surface area contributed by atoms with Gasteiger partial charge in [-0.05, 0) is 30.5 Å². The number of nitrogens with zero attached hydrogens (tertiary/aromatic N) is 1. The van der Waals surface area contributed by atoms with E-state index in [1.807, 2.05) is 6.92 Å². The van der Waals surface area contributed by atoms with Gasteiger partial charge in [-0.15, -0.1) is 0 Å². The molecule has 1 aromatic rings. The molecule has 0 bridgehead atoms. The van der Waals surface area contributed by atoms with Gasteiger partial charge in [-0.2, -0.15) is 18.4 Å². The Morgan fingerprint density at radius 2 is 2.04 bits per heavy atom. The second-order valence-corrected chi connectivity index (χ2v) is 5.78. The van der Waals surface area contributed by atoms with Crippen LogP contribution in [0.2, 0.25) is 0 Å². The van der Waals surface area contributed by atoms with Crippen molar-refractivity contribution >= 4 is 17.5 Å². The summed E-state index contributed by atoms with van der Waals surface area (Å²) in [6, 6.07) is 4.43. The highest BCUT2D eigenvalue weighted by Crippen LogP contribution is 2.37. The maximum absolute atomic E-state index is 12.8. The molecule has 2 N–H and O–H groups in total. The van der Waals surface area contributed by atoms with E-state index >= 15 is 0 Å². The molecule has 128 valence electrons. The average molecular weight is 339 g/mol. The van der Waals surface area contributed by atoms with Crippen molar-refractivity contribution in [3.8, 4) is 6.07 Å². The fourth-order valence-electron chi connectivity index (χ4n) is 2.30. The number of carbonyl (C=O) groups is 2. The van der Waals surface area contributed by atoms with Crippen LogP contribution in [-0.4, -0.2) is 18.4 Å². The number of rotatable bonds is 5. The zero-order chi connectivity index (χ0) is 17.9. The molecule has 1 saturated carbocycles. The molecule has 1 fully saturated rings. The van der Waals surface area contributed by atoms with E-state index in [4.69, 9.17) is 5.26 Å². The molecule has 1 aliphatic rings. The minimum absolute atomic E-state index is 0.000862. The zero-order valence-electron chi connectivity index (χ0n) is 12.9. The quantitative estimate of drug-likeness (QED) is 0.865. The number of hydrogen-bond donors (Lipinski definition) is 2. The molecule has 1 aliphatic carbocycles. The molecule has 2 amide bonds. The highest BCUT2D eigenvalue weighted by molar-refractivity contribution is 5.91. The summed E-state index contributed by atoms with van der Waals surface area (Å²) in [7, 11) is 0. The van der Waals surface area contributed by atoms with E-state index in [0.717, 1.165) is 18.6 Å². The van der Waals surface area contributed by atoms with E-state index in [9.17, 15) is 22.8 Å². The smallest absolute Gasteiger partial charge is 0.355 e. The lowest BCUT2D eigenvalue weighted by Gasteiger charge is -2.12. The highest BCUT2D eigenvalue weighted by Gasteiger charge is 2.38. The molecular weight excluding hydrogens is 323 g/mol. The molecule has 0 saturated heterocycles. The van der Waals surface area contributed by atoms with Crippen LogP contribution >= 0.6 is 0 Å². The van der Waals surface area contributed by atoms with Gasteiger partial charge in [-0.1, -0.05) is 6.92 Å². The Kier molecular flexibility index (Phi) is 5.12. The molecule has 5 nitrogen and oxygen atoms in total. The summed E-state index contributed by atoms with van der Waals surface area (Å²) in [4.78, 5) is 23.3. The van der Waals surface area contributed by atoms with Crippen LogP contribution in [0.3, 0.4) is 0 Å². The number of carbonyl (C=O) groups excluding carboxylic acids is 2. The lowest BCUT2D eigenvalue weighted by atomic mass is 10.1. The monoisotopic (exact) mass is 339 g/mol. The molecule has 0 radical (unpaired) electrons. The number of amides is 2. The van der Waals surface area contributed by atoms with Gasteiger partial charge in [-0.3, -0.25) is 9.59 Å². The van der Waals surface area contributed by atoms with Crippen LogP contribution in [0.1, 0.15) is 30.9 Å². The predicted octanol–water partition coefficient (Wildman–Crippen LogP) is 2.68. The van der Waals surface area contributed by atoms with Gasteiger partial charge < -0.3 is 10.6 Å².